The molecule has 124 valence electrons. The molecule has 0 aromatic rings. The van der Waals surface area contributed by atoms with E-state index in [9.17, 15) is 14.7 Å². The summed E-state index contributed by atoms with van der Waals surface area (Å²) in [6.07, 6.45) is 13.0. The van der Waals surface area contributed by atoms with Crippen LogP contribution in [0.5, 0.6) is 0 Å². The van der Waals surface area contributed by atoms with E-state index in [0.29, 0.717) is 6.42 Å². The highest BCUT2D eigenvalue weighted by Crippen LogP contribution is 2.28. The van der Waals surface area contributed by atoms with Gasteiger partial charge in [-0.05, 0) is 31.3 Å². The largest absolute Gasteiger partial charge is 0.481 e. The molecule has 0 saturated carbocycles. The van der Waals surface area contributed by atoms with Gasteiger partial charge >= 0.3 is 5.97 Å². The molecule has 0 aliphatic heterocycles. The number of carbonyl (C=O) groups excluding carboxylic acids is 1. The van der Waals surface area contributed by atoms with Gasteiger partial charge in [-0.3, -0.25) is 9.59 Å². The molecule has 0 unspecified atom stereocenters. The molecule has 1 aliphatic rings. The quantitative estimate of drug-likeness (QED) is 0.452. The summed E-state index contributed by atoms with van der Waals surface area (Å²) in [5.74, 6) is -0.740. The summed E-state index contributed by atoms with van der Waals surface area (Å²) in [6, 6.07) is 0. The van der Waals surface area contributed by atoms with Gasteiger partial charge in [0.15, 0.2) is 5.78 Å². The number of hydrogen-bond acceptors (Lipinski definition) is 3. The lowest BCUT2D eigenvalue weighted by molar-refractivity contribution is -0.137. The second kappa shape index (κ2) is 10.3. The van der Waals surface area contributed by atoms with Gasteiger partial charge in [0, 0.05) is 12.3 Å². The molecular formula is C18H28O4. The minimum Gasteiger partial charge on any atom is -0.481 e. The van der Waals surface area contributed by atoms with Gasteiger partial charge in [-0.25, -0.2) is 0 Å². The SMILES string of the molecule is CCCCC[C@H](O)/C=C/[C@H]1C(=O)C=C[C@H]1CCCCC(=O)O. The summed E-state index contributed by atoms with van der Waals surface area (Å²) < 4.78 is 0. The van der Waals surface area contributed by atoms with Crippen molar-refractivity contribution in [3.8, 4) is 0 Å². The van der Waals surface area contributed by atoms with Crippen LogP contribution in [0.4, 0.5) is 0 Å². The number of allylic oxidation sites excluding steroid dienone is 3. The topological polar surface area (TPSA) is 74.6 Å². The van der Waals surface area contributed by atoms with Crippen LogP contribution in [-0.2, 0) is 9.59 Å². The monoisotopic (exact) mass is 308 g/mol. The number of ketones is 1. The van der Waals surface area contributed by atoms with Crippen molar-refractivity contribution in [1.29, 1.82) is 0 Å². The Morgan fingerprint density at radius 1 is 1.32 bits per heavy atom. The Hall–Kier alpha value is -1.42. The molecule has 0 bridgehead atoms. The third-order valence-electron chi connectivity index (χ3n) is 4.12. The highest BCUT2D eigenvalue weighted by atomic mass is 16.4. The summed E-state index contributed by atoms with van der Waals surface area (Å²) in [5.41, 5.74) is 0. The average Bonchev–Trinajstić information content (AvgIpc) is 2.82. The van der Waals surface area contributed by atoms with E-state index in [-0.39, 0.29) is 24.0 Å². The molecule has 4 nitrogen and oxygen atoms in total. The molecule has 22 heavy (non-hydrogen) atoms. The van der Waals surface area contributed by atoms with Gasteiger partial charge in [-0.1, -0.05) is 50.8 Å². The number of hydrogen-bond donors (Lipinski definition) is 2. The highest BCUT2D eigenvalue weighted by Gasteiger charge is 2.27. The summed E-state index contributed by atoms with van der Waals surface area (Å²) in [7, 11) is 0. The maximum absolute atomic E-state index is 11.9. The molecule has 1 aliphatic carbocycles. The number of rotatable bonds is 11. The summed E-state index contributed by atoms with van der Waals surface area (Å²) in [4.78, 5) is 22.4. The summed E-state index contributed by atoms with van der Waals surface area (Å²) in [5, 5.41) is 18.5. The Labute approximate surface area is 132 Å². The van der Waals surface area contributed by atoms with Gasteiger partial charge in [0.2, 0.25) is 0 Å². The lowest BCUT2D eigenvalue weighted by Crippen LogP contribution is -2.14. The van der Waals surface area contributed by atoms with Crippen molar-refractivity contribution in [3.05, 3.63) is 24.3 Å². The lowest BCUT2D eigenvalue weighted by Gasteiger charge is -2.15. The smallest absolute Gasteiger partial charge is 0.303 e. The van der Waals surface area contributed by atoms with E-state index in [1.165, 1.54) is 0 Å². The first-order valence-electron chi connectivity index (χ1n) is 8.34. The predicted octanol–water partition coefficient (Wildman–Crippen LogP) is 3.50. The Morgan fingerprint density at radius 2 is 2.09 bits per heavy atom. The maximum atomic E-state index is 11.9. The van der Waals surface area contributed by atoms with Gasteiger partial charge in [-0.2, -0.15) is 0 Å². The number of carboxylic acid groups (broad SMARTS) is 1. The first-order chi connectivity index (χ1) is 10.5. The first kappa shape index (κ1) is 18.6. The minimum atomic E-state index is -0.773. The van der Waals surface area contributed by atoms with Crippen molar-refractivity contribution in [2.75, 3.05) is 0 Å². The Bertz CT molecular complexity index is 411. The molecule has 0 aromatic heterocycles. The van der Waals surface area contributed by atoms with Gasteiger partial charge < -0.3 is 10.2 Å². The Kier molecular flexibility index (Phi) is 8.75. The molecule has 0 fully saturated rings. The standard InChI is InChI=1S/C18H28O4/c1-2-3-4-8-15(19)11-12-16-14(10-13-17(16)20)7-5-6-9-18(21)22/h10-16,19H,2-9H2,1H3,(H,21,22)/b12-11+/t14-,15+,16-/m1/s1. The fourth-order valence-electron chi connectivity index (χ4n) is 2.78. The van der Waals surface area contributed by atoms with Crippen molar-refractivity contribution >= 4 is 11.8 Å². The minimum absolute atomic E-state index is 0.0836. The number of carboxylic acids is 1. The lowest BCUT2D eigenvalue weighted by atomic mass is 9.89. The van der Waals surface area contributed by atoms with Crippen LogP contribution >= 0.6 is 0 Å². The van der Waals surface area contributed by atoms with Crippen molar-refractivity contribution < 1.29 is 19.8 Å². The summed E-state index contributed by atoms with van der Waals surface area (Å²) >= 11 is 0. The van der Waals surface area contributed by atoms with Crippen LogP contribution in [0.3, 0.4) is 0 Å². The number of aliphatic hydroxyl groups excluding tert-OH is 1. The molecule has 0 saturated heterocycles. The molecule has 0 radical (unpaired) electrons. The Balaban J connectivity index is 2.38. The second-order valence-electron chi connectivity index (χ2n) is 6.04. The number of unbranched alkanes of at least 4 members (excludes halogenated alkanes) is 3. The van der Waals surface area contributed by atoms with Crippen LogP contribution in [-0.4, -0.2) is 28.1 Å². The number of aliphatic carboxylic acids is 1. The van der Waals surface area contributed by atoms with E-state index in [0.717, 1.165) is 38.5 Å². The Morgan fingerprint density at radius 3 is 2.77 bits per heavy atom. The normalized spacial score (nSPS) is 22.5. The number of carbonyl (C=O) groups is 2. The van der Waals surface area contributed by atoms with Gasteiger partial charge in [-0.15, -0.1) is 0 Å². The van der Waals surface area contributed by atoms with Crippen molar-refractivity contribution in [1.82, 2.24) is 0 Å². The third-order valence-corrected chi connectivity index (χ3v) is 4.12. The van der Waals surface area contributed by atoms with Crippen LogP contribution < -0.4 is 0 Å². The molecule has 0 amide bonds. The number of aliphatic hydroxyl groups is 1. The molecule has 0 spiro atoms. The van der Waals surface area contributed by atoms with Gasteiger partial charge in [0.05, 0.1) is 6.10 Å². The fraction of sp³-hybridized carbons (Fsp3) is 0.667. The zero-order chi connectivity index (χ0) is 16.4. The molecular weight excluding hydrogens is 280 g/mol. The maximum Gasteiger partial charge on any atom is 0.303 e. The van der Waals surface area contributed by atoms with Gasteiger partial charge in [0.1, 0.15) is 0 Å². The third kappa shape index (κ3) is 7.03. The second-order valence-corrected chi connectivity index (χ2v) is 6.04. The van der Waals surface area contributed by atoms with Crippen LogP contribution in [0.15, 0.2) is 24.3 Å². The first-order valence-corrected chi connectivity index (χ1v) is 8.34. The van der Waals surface area contributed by atoms with Crippen LogP contribution in [0, 0.1) is 11.8 Å². The molecule has 0 aromatic carbocycles. The van der Waals surface area contributed by atoms with E-state index in [4.69, 9.17) is 5.11 Å². The zero-order valence-electron chi connectivity index (χ0n) is 13.4. The van der Waals surface area contributed by atoms with Crippen molar-refractivity contribution in [3.63, 3.8) is 0 Å². The predicted molar refractivity (Wildman–Crippen MR) is 86.5 cm³/mol. The molecule has 1 rings (SSSR count). The van der Waals surface area contributed by atoms with E-state index >= 15 is 0 Å². The van der Waals surface area contributed by atoms with E-state index in [1.807, 2.05) is 12.2 Å². The van der Waals surface area contributed by atoms with Crippen molar-refractivity contribution in [2.24, 2.45) is 11.8 Å². The van der Waals surface area contributed by atoms with Crippen molar-refractivity contribution in [2.45, 2.75) is 64.4 Å². The molecule has 3 atom stereocenters. The van der Waals surface area contributed by atoms with Crippen LogP contribution in [0.25, 0.3) is 0 Å². The fourth-order valence-corrected chi connectivity index (χ4v) is 2.78. The molecule has 4 heteroatoms. The van der Waals surface area contributed by atoms with E-state index in [1.54, 1.807) is 12.2 Å². The van der Waals surface area contributed by atoms with Gasteiger partial charge in [0.25, 0.3) is 0 Å². The highest BCUT2D eigenvalue weighted by molar-refractivity contribution is 5.95. The summed E-state index contributed by atoms with van der Waals surface area (Å²) in [6.45, 7) is 2.13. The van der Waals surface area contributed by atoms with E-state index < -0.39 is 12.1 Å². The average molecular weight is 308 g/mol. The van der Waals surface area contributed by atoms with Crippen LogP contribution in [0.1, 0.15) is 58.3 Å². The van der Waals surface area contributed by atoms with Crippen LogP contribution in [0.2, 0.25) is 0 Å². The molecule has 2 N–H and O–H groups in total. The van der Waals surface area contributed by atoms with E-state index in [2.05, 4.69) is 6.92 Å². The zero-order valence-corrected chi connectivity index (χ0v) is 13.4. The molecule has 0 heterocycles.